The lowest BCUT2D eigenvalue weighted by atomic mass is 10.2. The Morgan fingerprint density at radius 3 is 2.21 bits per heavy atom. The summed E-state index contributed by atoms with van der Waals surface area (Å²) in [5, 5.41) is 0. The maximum Gasteiger partial charge on any atom is 0.433 e. The third-order valence-corrected chi connectivity index (χ3v) is 4.04. The van der Waals surface area contributed by atoms with E-state index in [0.717, 1.165) is 24.7 Å². The van der Waals surface area contributed by atoms with Crippen LogP contribution >= 0.6 is 0 Å². The zero-order chi connectivity index (χ0) is 17.2. The van der Waals surface area contributed by atoms with Crippen LogP contribution in [0.3, 0.4) is 0 Å². The van der Waals surface area contributed by atoms with E-state index >= 15 is 0 Å². The standard InChI is InChI=1S/C17H17F4N3/c18-13-5-7-14(8-6-13)23-9-2-10-24(12-11-23)16-4-1-3-15(22-16)17(19,20)21/h1,3-8H,2,9-12H2. The molecule has 1 aliphatic rings. The second-order valence-corrected chi connectivity index (χ2v) is 5.68. The van der Waals surface area contributed by atoms with E-state index in [1.165, 1.54) is 18.2 Å². The van der Waals surface area contributed by atoms with Crippen molar-refractivity contribution in [2.45, 2.75) is 12.6 Å². The van der Waals surface area contributed by atoms with Gasteiger partial charge in [0, 0.05) is 31.9 Å². The summed E-state index contributed by atoms with van der Waals surface area (Å²) in [6.45, 7) is 2.60. The van der Waals surface area contributed by atoms with Crippen LogP contribution in [0, 0.1) is 5.82 Å². The molecule has 3 nitrogen and oxygen atoms in total. The zero-order valence-corrected chi connectivity index (χ0v) is 12.9. The van der Waals surface area contributed by atoms with Gasteiger partial charge in [0.05, 0.1) is 0 Å². The van der Waals surface area contributed by atoms with Gasteiger partial charge in [-0.15, -0.1) is 0 Å². The van der Waals surface area contributed by atoms with Crippen molar-refractivity contribution in [3.05, 3.63) is 54.0 Å². The molecule has 0 aliphatic carbocycles. The lowest BCUT2D eigenvalue weighted by Crippen LogP contribution is -2.31. The molecular weight excluding hydrogens is 322 g/mol. The molecule has 0 N–H and O–H groups in total. The molecule has 0 saturated carbocycles. The van der Waals surface area contributed by atoms with Gasteiger partial charge in [-0.3, -0.25) is 0 Å². The van der Waals surface area contributed by atoms with Gasteiger partial charge in [0.2, 0.25) is 0 Å². The molecule has 1 saturated heterocycles. The summed E-state index contributed by atoms with van der Waals surface area (Å²) < 4.78 is 51.5. The van der Waals surface area contributed by atoms with E-state index in [0.29, 0.717) is 25.5 Å². The third-order valence-electron chi connectivity index (χ3n) is 4.04. The Bertz CT molecular complexity index is 685. The maximum atomic E-state index is 13.0. The van der Waals surface area contributed by atoms with Crippen LogP contribution in [0.25, 0.3) is 0 Å². The monoisotopic (exact) mass is 339 g/mol. The van der Waals surface area contributed by atoms with Crippen molar-refractivity contribution in [1.29, 1.82) is 0 Å². The Morgan fingerprint density at radius 2 is 1.50 bits per heavy atom. The third kappa shape index (κ3) is 3.77. The molecule has 2 heterocycles. The maximum absolute atomic E-state index is 13.0. The van der Waals surface area contributed by atoms with Crippen LogP contribution in [0.5, 0.6) is 0 Å². The number of hydrogen-bond donors (Lipinski definition) is 0. The van der Waals surface area contributed by atoms with Crippen molar-refractivity contribution in [1.82, 2.24) is 4.98 Å². The van der Waals surface area contributed by atoms with Gasteiger partial charge in [0.25, 0.3) is 0 Å². The van der Waals surface area contributed by atoms with Crippen molar-refractivity contribution in [3.63, 3.8) is 0 Å². The van der Waals surface area contributed by atoms with E-state index in [1.54, 1.807) is 18.2 Å². The highest BCUT2D eigenvalue weighted by Gasteiger charge is 2.33. The highest BCUT2D eigenvalue weighted by atomic mass is 19.4. The molecule has 1 fully saturated rings. The van der Waals surface area contributed by atoms with E-state index in [9.17, 15) is 17.6 Å². The van der Waals surface area contributed by atoms with Crippen LogP contribution in [0.15, 0.2) is 42.5 Å². The molecule has 0 radical (unpaired) electrons. The lowest BCUT2D eigenvalue weighted by molar-refractivity contribution is -0.141. The van der Waals surface area contributed by atoms with Gasteiger partial charge in [-0.1, -0.05) is 6.07 Å². The van der Waals surface area contributed by atoms with E-state index in [1.807, 2.05) is 4.90 Å². The van der Waals surface area contributed by atoms with Crippen molar-refractivity contribution < 1.29 is 17.6 Å². The van der Waals surface area contributed by atoms with E-state index < -0.39 is 11.9 Å². The van der Waals surface area contributed by atoms with Crippen LogP contribution in [0.2, 0.25) is 0 Å². The Labute approximate surface area is 137 Å². The number of pyridine rings is 1. The highest BCUT2D eigenvalue weighted by Crippen LogP contribution is 2.29. The highest BCUT2D eigenvalue weighted by molar-refractivity contribution is 5.48. The van der Waals surface area contributed by atoms with Gasteiger partial charge in [-0.05, 0) is 42.8 Å². The molecule has 1 aliphatic heterocycles. The largest absolute Gasteiger partial charge is 0.433 e. The summed E-state index contributed by atoms with van der Waals surface area (Å²) in [4.78, 5) is 7.72. The quantitative estimate of drug-likeness (QED) is 0.772. The minimum Gasteiger partial charge on any atom is -0.370 e. The first-order valence-corrected chi connectivity index (χ1v) is 7.73. The first-order chi connectivity index (χ1) is 11.4. The normalized spacial score (nSPS) is 16.2. The van der Waals surface area contributed by atoms with Crippen LogP contribution in [-0.4, -0.2) is 31.2 Å². The van der Waals surface area contributed by atoms with Crippen molar-refractivity contribution in [2.24, 2.45) is 0 Å². The fraction of sp³-hybridized carbons (Fsp3) is 0.353. The van der Waals surface area contributed by atoms with Gasteiger partial charge in [-0.2, -0.15) is 13.2 Å². The molecule has 3 rings (SSSR count). The molecular formula is C17H17F4N3. The molecule has 24 heavy (non-hydrogen) atoms. The summed E-state index contributed by atoms with van der Waals surface area (Å²) in [5.74, 6) is 0.0501. The van der Waals surface area contributed by atoms with Crippen molar-refractivity contribution in [3.8, 4) is 0 Å². The molecule has 7 heteroatoms. The molecule has 0 spiro atoms. The van der Waals surface area contributed by atoms with E-state index in [2.05, 4.69) is 9.88 Å². The number of nitrogens with zero attached hydrogens (tertiary/aromatic N) is 3. The summed E-state index contributed by atoms with van der Waals surface area (Å²) >= 11 is 0. The predicted molar refractivity (Wildman–Crippen MR) is 84.7 cm³/mol. The molecule has 0 atom stereocenters. The average Bonchev–Trinajstić information content (AvgIpc) is 2.81. The number of anilines is 2. The molecule has 0 amide bonds. The smallest absolute Gasteiger partial charge is 0.370 e. The summed E-state index contributed by atoms with van der Waals surface area (Å²) in [6, 6.07) is 10.2. The fourth-order valence-corrected chi connectivity index (χ4v) is 2.81. The van der Waals surface area contributed by atoms with Crippen LogP contribution in [0.4, 0.5) is 29.1 Å². The second kappa shape index (κ2) is 6.67. The van der Waals surface area contributed by atoms with Crippen LogP contribution in [0.1, 0.15) is 12.1 Å². The van der Waals surface area contributed by atoms with E-state index in [4.69, 9.17) is 0 Å². The molecule has 128 valence electrons. The Morgan fingerprint density at radius 1 is 0.833 bits per heavy atom. The Balaban J connectivity index is 1.73. The molecule has 1 aromatic carbocycles. The lowest BCUT2D eigenvalue weighted by Gasteiger charge is -2.24. The van der Waals surface area contributed by atoms with Crippen LogP contribution in [-0.2, 0) is 6.18 Å². The molecule has 1 aromatic heterocycles. The fourth-order valence-electron chi connectivity index (χ4n) is 2.81. The molecule has 2 aromatic rings. The zero-order valence-electron chi connectivity index (χ0n) is 12.9. The minimum atomic E-state index is -4.44. The summed E-state index contributed by atoms with van der Waals surface area (Å²) in [7, 11) is 0. The number of halogens is 4. The van der Waals surface area contributed by atoms with Crippen molar-refractivity contribution >= 4 is 11.5 Å². The first kappa shape index (κ1) is 16.5. The number of alkyl halides is 3. The second-order valence-electron chi connectivity index (χ2n) is 5.68. The summed E-state index contributed by atoms with van der Waals surface area (Å²) in [6.07, 6.45) is -3.66. The van der Waals surface area contributed by atoms with Crippen molar-refractivity contribution in [2.75, 3.05) is 36.0 Å². The number of benzene rings is 1. The van der Waals surface area contributed by atoms with Gasteiger partial charge >= 0.3 is 6.18 Å². The van der Waals surface area contributed by atoms with Crippen LogP contribution < -0.4 is 9.80 Å². The van der Waals surface area contributed by atoms with E-state index in [-0.39, 0.29) is 5.82 Å². The molecule has 0 bridgehead atoms. The Hall–Kier alpha value is -2.31. The molecule has 0 unspecified atom stereocenters. The topological polar surface area (TPSA) is 19.4 Å². The predicted octanol–water partition coefficient (Wildman–Crippen LogP) is 3.96. The van der Waals surface area contributed by atoms with Gasteiger partial charge in [-0.25, -0.2) is 9.37 Å². The average molecular weight is 339 g/mol. The number of rotatable bonds is 2. The first-order valence-electron chi connectivity index (χ1n) is 7.73. The Kier molecular flexibility index (Phi) is 4.59. The van der Waals surface area contributed by atoms with Gasteiger partial charge in [0.15, 0.2) is 0 Å². The minimum absolute atomic E-state index is 0.289. The number of hydrogen-bond acceptors (Lipinski definition) is 3. The number of aromatic nitrogens is 1. The SMILES string of the molecule is Fc1ccc(N2CCCN(c3cccc(C(F)(F)F)n3)CC2)cc1. The summed E-state index contributed by atoms with van der Waals surface area (Å²) in [5.41, 5.74) is 0.0369. The van der Waals surface area contributed by atoms with Gasteiger partial charge in [0.1, 0.15) is 17.3 Å². The van der Waals surface area contributed by atoms with Gasteiger partial charge < -0.3 is 9.80 Å².